The molecule has 2 heterocycles. The number of amides is 1. The molecule has 0 N–H and O–H groups in total. The van der Waals surface area contributed by atoms with Crippen molar-refractivity contribution in [3.63, 3.8) is 0 Å². The first-order valence-corrected chi connectivity index (χ1v) is 6.48. The maximum atomic E-state index is 11.5. The Morgan fingerprint density at radius 2 is 2.00 bits per heavy atom. The maximum Gasteiger partial charge on any atom is 1.00 e. The zero-order valence-corrected chi connectivity index (χ0v) is 14.1. The fourth-order valence-electron chi connectivity index (χ4n) is 2.89. The van der Waals surface area contributed by atoms with Crippen molar-refractivity contribution in [3.8, 4) is 5.75 Å². The molecule has 0 spiro atoms. The molecular weight excluding hydrogens is 281 g/mol. The van der Waals surface area contributed by atoms with Gasteiger partial charge in [-0.3, -0.25) is 4.79 Å². The quantitative estimate of drug-likeness (QED) is 0.446. The molecule has 1 fully saturated rings. The number of ether oxygens (including phenoxy) is 1. The van der Waals surface area contributed by atoms with Gasteiger partial charge in [0, 0.05) is 12.5 Å². The van der Waals surface area contributed by atoms with Crippen LogP contribution in [0.2, 0.25) is 0 Å². The van der Waals surface area contributed by atoms with E-state index in [-0.39, 0.29) is 47.2 Å². The van der Waals surface area contributed by atoms with Gasteiger partial charge in [-0.1, -0.05) is 12.1 Å². The first-order chi connectivity index (χ1) is 9.60. The zero-order valence-electron chi connectivity index (χ0n) is 12.1. The molecule has 0 saturated carbocycles. The number of hydrogen-bond donors (Lipinski definition) is 0. The molecular formula is C15H14NNaO4. The monoisotopic (exact) mass is 295 g/mol. The third-order valence-corrected chi connectivity index (χ3v) is 3.87. The topological polar surface area (TPSA) is 69.7 Å². The van der Waals surface area contributed by atoms with Crippen LogP contribution in [-0.4, -0.2) is 29.9 Å². The summed E-state index contributed by atoms with van der Waals surface area (Å²) in [7, 11) is 1.60. The summed E-state index contributed by atoms with van der Waals surface area (Å²) >= 11 is 0. The second-order valence-electron chi connectivity index (χ2n) is 5.09. The van der Waals surface area contributed by atoms with E-state index in [9.17, 15) is 14.7 Å². The molecule has 1 aromatic rings. The average Bonchev–Trinajstić information content (AvgIpc) is 2.72. The van der Waals surface area contributed by atoms with Gasteiger partial charge in [-0.15, -0.1) is 0 Å². The summed E-state index contributed by atoms with van der Waals surface area (Å²) in [5.74, 6) is -0.628. The predicted octanol–water partition coefficient (Wildman–Crippen LogP) is -2.75. The van der Waals surface area contributed by atoms with Crippen molar-refractivity contribution in [2.45, 2.75) is 25.3 Å². The molecule has 0 bridgehead atoms. The van der Waals surface area contributed by atoms with Gasteiger partial charge < -0.3 is 19.5 Å². The van der Waals surface area contributed by atoms with Gasteiger partial charge in [0.15, 0.2) is 0 Å². The van der Waals surface area contributed by atoms with E-state index in [0.717, 1.165) is 16.9 Å². The minimum absolute atomic E-state index is 0. The Balaban J connectivity index is 0.00000161. The van der Waals surface area contributed by atoms with Crippen molar-refractivity contribution < 1.29 is 49.0 Å². The third kappa shape index (κ3) is 2.86. The van der Waals surface area contributed by atoms with Crippen LogP contribution in [0.4, 0.5) is 0 Å². The molecule has 0 aromatic heterocycles. The average molecular weight is 295 g/mol. The predicted molar refractivity (Wildman–Crippen MR) is 68.6 cm³/mol. The molecule has 104 valence electrons. The number of β-lactam (4-membered cyclic amide) rings is 1. The van der Waals surface area contributed by atoms with E-state index in [1.807, 2.05) is 24.3 Å². The first-order valence-electron chi connectivity index (χ1n) is 6.48. The SMILES string of the molecule is COc1ccc(CC2=C(C(=O)[O-])N3C(=O)C[C@H]3C2)cc1.[Na+]. The van der Waals surface area contributed by atoms with Crippen molar-refractivity contribution in [3.05, 3.63) is 41.1 Å². The number of carbonyl (C=O) groups excluding carboxylic acids is 2. The molecule has 3 rings (SSSR count). The number of benzene rings is 1. The molecule has 21 heavy (non-hydrogen) atoms. The van der Waals surface area contributed by atoms with Gasteiger partial charge >= 0.3 is 29.6 Å². The fourth-order valence-corrected chi connectivity index (χ4v) is 2.89. The number of nitrogens with zero attached hydrogens (tertiary/aromatic N) is 1. The molecule has 1 aromatic carbocycles. The number of carboxylic acid groups (broad SMARTS) is 1. The summed E-state index contributed by atoms with van der Waals surface area (Å²) in [6.07, 6.45) is 1.58. The van der Waals surface area contributed by atoms with Crippen LogP contribution in [-0.2, 0) is 16.0 Å². The summed E-state index contributed by atoms with van der Waals surface area (Å²) in [6.45, 7) is 0. The van der Waals surface area contributed by atoms with Crippen LogP contribution in [0.5, 0.6) is 5.75 Å². The zero-order chi connectivity index (χ0) is 14.3. The van der Waals surface area contributed by atoms with Gasteiger partial charge in [-0.05, 0) is 36.1 Å². The van der Waals surface area contributed by atoms with Crippen molar-refractivity contribution >= 4 is 11.9 Å². The number of carboxylic acids is 1. The van der Waals surface area contributed by atoms with E-state index in [2.05, 4.69) is 0 Å². The molecule has 1 atom stereocenters. The van der Waals surface area contributed by atoms with Crippen LogP contribution >= 0.6 is 0 Å². The molecule has 1 amide bonds. The van der Waals surface area contributed by atoms with E-state index in [1.165, 1.54) is 4.90 Å². The van der Waals surface area contributed by atoms with E-state index >= 15 is 0 Å². The fraction of sp³-hybridized carbons (Fsp3) is 0.333. The van der Waals surface area contributed by atoms with Gasteiger partial charge in [0.1, 0.15) is 5.75 Å². The van der Waals surface area contributed by atoms with Crippen LogP contribution < -0.4 is 39.4 Å². The van der Waals surface area contributed by atoms with Crippen molar-refractivity contribution in [1.82, 2.24) is 4.90 Å². The Hall–Kier alpha value is -1.30. The van der Waals surface area contributed by atoms with Gasteiger partial charge in [0.2, 0.25) is 5.91 Å². The minimum atomic E-state index is -1.26. The van der Waals surface area contributed by atoms with Gasteiger partial charge in [0.05, 0.1) is 18.8 Å². The van der Waals surface area contributed by atoms with E-state index in [4.69, 9.17) is 4.74 Å². The minimum Gasteiger partial charge on any atom is -0.543 e. The molecule has 0 radical (unpaired) electrons. The van der Waals surface area contributed by atoms with Crippen LogP contribution in [0.3, 0.4) is 0 Å². The van der Waals surface area contributed by atoms with Crippen LogP contribution in [0.1, 0.15) is 18.4 Å². The number of carbonyl (C=O) groups is 2. The summed E-state index contributed by atoms with van der Waals surface area (Å²) in [5, 5.41) is 11.3. The van der Waals surface area contributed by atoms with Crippen LogP contribution in [0, 0.1) is 0 Å². The number of methoxy groups -OCH3 is 1. The summed E-state index contributed by atoms with van der Waals surface area (Å²) in [6, 6.07) is 7.49. The van der Waals surface area contributed by atoms with E-state index in [1.54, 1.807) is 7.11 Å². The second-order valence-corrected chi connectivity index (χ2v) is 5.09. The van der Waals surface area contributed by atoms with Crippen molar-refractivity contribution in [2.24, 2.45) is 0 Å². The maximum absolute atomic E-state index is 11.5. The first kappa shape index (κ1) is 16.1. The Kier molecular flexibility index (Phi) is 4.76. The summed E-state index contributed by atoms with van der Waals surface area (Å²) < 4.78 is 5.09. The van der Waals surface area contributed by atoms with Crippen molar-refractivity contribution in [1.29, 1.82) is 0 Å². The number of rotatable bonds is 4. The third-order valence-electron chi connectivity index (χ3n) is 3.87. The number of hydrogen-bond acceptors (Lipinski definition) is 4. The molecule has 2 aliphatic heterocycles. The summed E-state index contributed by atoms with van der Waals surface area (Å²) in [4.78, 5) is 24.1. The van der Waals surface area contributed by atoms with Gasteiger partial charge in [-0.25, -0.2) is 0 Å². The Morgan fingerprint density at radius 1 is 1.33 bits per heavy atom. The van der Waals surface area contributed by atoms with E-state index in [0.29, 0.717) is 19.3 Å². The van der Waals surface area contributed by atoms with E-state index < -0.39 is 5.97 Å². The summed E-state index contributed by atoms with van der Waals surface area (Å²) in [5.41, 5.74) is 1.84. The Bertz CT molecular complexity index is 609. The smallest absolute Gasteiger partial charge is 0.543 e. The molecule has 2 aliphatic rings. The largest absolute Gasteiger partial charge is 1.00 e. The molecule has 6 heteroatoms. The van der Waals surface area contributed by atoms with Crippen molar-refractivity contribution in [2.75, 3.05) is 7.11 Å². The number of aliphatic carboxylic acids is 1. The molecule has 1 saturated heterocycles. The molecule has 5 nitrogen and oxygen atoms in total. The van der Waals surface area contributed by atoms with Gasteiger partial charge in [0.25, 0.3) is 0 Å². The van der Waals surface area contributed by atoms with Crippen LogP contribution in [0.25, 0.3) is 0 Å². The standard InChI is InChI=1S/C15H15NO4.Na/c1-20-12-4-2-9(3-5-12)6-10-7-11-8-13(17)16(11)14(10)15(18)19;/h2-5,11H,6-8H2,1H3,(H,18,19);/q;+1/p-1/t11-;/m1./s1. The second kappa shape index (κ2) is 6.22. The Labute approximate surface area is 144 Å². The molecule has 0 aliphatic carbocycles. The number of fused-ring (bicyclic) bond motifs is 1. The normalized spacial score (nSPS) is 19.8. The Morgan fingerprint density at radius 3 is 2.52 bits per heavy atom. The van der Waals surface area contributed by atoms with Gasteiger partial charge in [-0.2, -0.15) is 0 Å². The molecule has 0 unspecified atom stereocenters. The van der Waals surface area contributed by atoms with Crippen LogP contribution in [0.15, 0.2) is 35.5 Å².